The van der Waals surface area contributed by atoms with E-state index in [-0.39, 0.29) is 6.17 Å². The van der Waals surface area contributed by atoms with Gasteiger partial charge in [-0.15, -0.1) is 0 Å². The van der Waals surface area contributed by atoms with Crippen molar-refractivity contribution in [3.63, 3.8) is 0 Å². The maximum absolute atomic E-state index is 3.92. The second kappa shape index (κ2) is 9.97. The highest BCUT2D eigenvalue weighted by molar-refractivity contribution is 6.02. The zero-order valence-corrected chi connectivity index (χ0v) is 25.7. The summed E-state index contributed by atoms with van der Waals surface area (Å²) in [5, 5.41) is 3.92. The Kier molecular flexibility index (Phi) is 5.55. The van der Waals surface area contributed by atoms with Gasteiger partial charge in [-0.1, -0.05) is 133 Å². The summed E-state index contributed by atoms with van der Waals surface area (Å²) in [4.78, 5) is 4.95. The van der Waals surface area contributed by atoms with Crippen molar-refractivity contribution in [3.05, 3.63) is 204 Å². The van der Waals surface area contributed by atoms with Gasteiger partial charge in [0.2, 0.25) is 0 Å². The van der Waals surface area contributed by atoms with Crippen LogP contribution in [-0.4, -0.2) is 0 Å². The first-order valence-corrected chi connectivity index (χ1v) is 16.3. The van der Waals surface area contributed by atoms with Gasteiger partial charge in [-0.2, -0.15) is 0 Å². The molecule has 0 aromatic heterocycles. The first-order chi connectivity index (χ1) is 23.4. The molecule has 1 spiro atoms. The highest BCUT2D eigenvalue weighted by atomic mass is 15.3. The van der Waals surface area contributed by atoms with Crippen LogP contribution in [0.25, 0.3) is 11.1 Å². The van der Waals surface area contributed by atoms with Crippen LogP contribution >= 0.6 is 0 Å². The lowest BCUT2D eigenvalue weighted by Gasteiger charge is -2.44. The quantitative estimate of drug-likeness (QED) is 0.216. The fraction of sp³-hybridized carbons (Fsp3) is 0.0455. The molecule has 3 heteroatoms. The Morgan fingerprint density at radius 3 is 1.81 bits per heavy atom. The van der Waals surface area contributed by atoms with Crippen LogP contribution in [0.3, 0.4) is 0 Å². The molecule has 2 atom stereocenters. The molecule has 2 aliphatic heterocycles. The average molecular weight is 602 g/mol. The molecule has 7 aromatic rings. The molecule has 0 bridgehead atoms. The Morgan fingerprint density at radius 2 is 1.06 bits per heavy atom. The van der Waals surface area contributed by atoms with E-state index in [1.165, 1.54) is 61.7 Å². The summed E-state index contributed by atoms with van der Waals surface area (Å²) in [6.07, 6.45) is -0.0000423. The number of anilines is 6. The van der Waals surface area contributed by atoms with Crippen LogP contribution in [0.4, 0.5) is 34.1 Å². The lowest BCUT2D eigenvalue weighted by Crippen LogP contribution is -2.37. The first-order valence-electron chi connectivity index (χ1n) is 16.3. The molecule has 3 nitrogen and oxygen atoms in total. The maximum Gasteiger partial charge on any atom is 0.130 e. The van der Waals surface area contributed by atoms with Gasteiger partial charge in [0.05, 0.1) is 22.5 Å². The van der Waals surface area contributed by atoms with Crippen LogP contribution in [0.15, 0.2) is 176 Å². The predicted octanol–water partition coefficient (Wildman–Crippen LogP) is 11.1. The molecule has 1 N–H and O–H groups in total. The maximum atomic E-state index is 3.92. The third-order valence-electron chi connectivity index (χ3n) is 10.2. The van der Waals surface area contributed by atoms with E-state index in [9.17, 15) is 0 Å². The van der Waals surface area contributed by atoms with Crippen LogP contribution in [0.5, 0.6) is 0 Å². The van der Waals surface area contributed by atoms with Gasteiger partial charge >= 0.3 is 0 Å². The summed E-state index contributed by atoms with van der Waals surface area (Å²) in [6.45, 7) is 0. The fourth-order valence-corrected chi connectivity index (χ4v) is 8.49. The fourth-order valence-electron chi connectivity index (χ4n) is 8.49. The second-order valence-electron chi connectivity index (χ2n) is 12.5. The van der Waals surface area contributed by atoms with Crippen LogP contribution in [-0.2, 0) is 5.41 Å². The standard InChI is InChI=1S/C44H31N3/c1-4-16-30(17-5-1)43-45-38-27-14-26-37-42(38)47(43)39-28-13-12-24-35(39)44(37)34-23-11-10-22-33(34)41-36(44)25-15-29-40(41)46(31-18-6-2-7-19-31)32-20-8-3-9-21-32/h1-29,43,45H. The van der Waals surface area contributed by atoms with Crippen LogP contribution < -0.4 is 15.1 Å². The van der Waals surface area contributed by atoms with Crippen LogP contribution in [0.2, 0.25) is 0 Å². The van der Waals surface area contributed by atoms with Crippen molar-refractivity contribution in [2.24, 2.45) is 0 Å². The minimum atomic E-state index is -0.493. The Labute approximate surface area is 275 Å². The number of rotatable bonds is 4. The largest absolute Gasteiger partial charge is 0.359 e. The smallest absolute Gasteiger partial charge is 0.130 e. The molecule has 0 radical (unpaired) electrons. The molecule has 222 valence electrons. The Morgan fingerprint density at radius 1 is 0.489 bits per heavy atom. The minimum Gasteiger partial charge on any atom is -0.359 e. The van der Waals surface area contributed by atoms with Gasteiger partial charge in [-0.25, -0.2) is 0 Å². The normalized spacial score (nSPS) is 17.8. The molecule has 2 unspecified atom stereocenters. The molecule has 47 heavy (non-hydrogen) atoms. The van der Waals surface area contributed by atoms with E-state index in [1.807, 2.05) is 0 Å². The molecule has 0 saturated heterocycles. The van der Waals surface area contributed by atoms with Crippen molar-refractivity contribution in [3.8, 4) is 11.1 Å². The third kappa shape index (κ3) is 3.51. The number of nitrogens with zero attached hydrogens (tertiary/aromatic N) is 2. The van der Waals surface area contributed by atoms with Crippen molar-refractivity contribution < 1.29 is 0 Å². The molecule has 0 saturated carbocycles. The zero-order valence-electron chi connectivity index (χ0n) is 25.7. The monoisotopic (exact) mass is 601 g/mol. The molecule has 2 heterocycles. The summed E-state index contributed by atoms with van der Waals surface area (Å²) in [6, 6.07) is 64.2. The van der Waals surface area contributed by atoms with Crippen molar-refractivity contribution in [1.29, 1.82) is 0 Å². The number of hydrogen-bond donors (Lipinski definition) is 1. The molecular weight excluding hydrogens is 571 g/mol. The van der Waals surface area contributed by atoms with E-state index < -0.39 is 5.41 Å². The van der Waals surface area contributed by atoms with E-state index in [1.54, 1.807) is 0 Å². The van der Waals surface area contributed by atoms with E-state index in [2.05, 4.69) is 191 Å². The van der Waals surface area contributed by atoms with Crippen LogP contribution in [0.1, 0.15) is 34.0 Å². The molecule has 10 rings (SSSR count). The number of hydrogen-bond acceptors (Lipinski definition) is 3. The molecule has 7 aromatic carbocycles. The van der Waals surface area contributed by atoms with Crippen LogP contribution in [0, 0.1) is 0 Å². The molecule has 3 aliphatic rings. The van der Waals surface area contributed by atoms with Gasteiger partial charge in [0.15, 0.2) is 0 Å². The van der Waals surface area contributed by atoms with Gasteiger partial charge in [-0.3, -0.25) is 0 Å². The lowest BCUT2D eigenvalue weighted by atomic mass is 9.64. The van der Waals surface area contributed by atoms with Gasteiger partial charge < -0.3 is 15.1 Å². The number of nitrogens with one attached hydrogen (secondary N) is 1. The highest BCUT2D eigenvalue weighted by Gasteiger charge is 2.54. The number of benzene rings is 7. The molecule has 0 amide bonds. The minimum absolute atomic E-state index is 0.0000423. The Bertz CT molecular complexity index is 2260. The molecule has 1 aliphatic carbocycles. The number of para-hydroxylation sites is 4. The van der Waals surface area contributed by atoms with Gasteiger partial charge in [0.1, 0.15) is 6.17 Å². The average Bonchev–Trinajstić information content (AvgIpc) is 3.68. The zero-order chi connectivity index (χ0) is 31.0. The highest BCUT2D eigenvalue weighted by Crippen LogP contribution is 2.67. The lowest BCUT2D eigenvalue weighted by molar-refractivity contribution is 0.720. The van der Waals surface area contributed by atoms with Crippen molar-refractivity contribution in [2.45, 2.75) is 11.6 Å². The van der Waals surface area contributed by atoms with Gasteiger partial charge in [0.25, 0.3) is 0 Å². The van der Waals surface area contributed by atoms with Gasteiger partial charge in [0, 0.05) is 22.6 Å². The van der Waals surface area contributed by atoms with E-state index in [0.29, 0.717) is 0 Å². The summed E-state index contributed by atoms with van der Waals surface area (Å²) in [5.74, 6) is 0. The Hall–Kier alpha value is -6.06. The van der Waals surface area contributed by atoms with Crippen molar-refractivity contribution in [1.82, 2.24) is 0 Å². The van der Waals surface area contributed by atoms with E-state index in [4.69, 9.17) is 0 Å². The topological polar surface area (TPSA) is 18.5 Å². The first kappa shape index (κ1) is 26.2. The van der Waals surface area contributed by atoms with Crippen molar-refractivity contribution in [2.75, 3.05) is 15.1 Å². The summed E-state index contributed by atoms with van der Waals surface area (Å²) >= 11 is 0. The van der Waals surface area contributed by atoms with Gasteiger partial charge in [-0.05, 0) is 75.8 Å². The SMILES string of the molecule is c1ccc(C2Nc3cccc4c3N2c2ccccc2C42c3ccccc3-c3c(N(c4ccccc4)c4ccccc4)cccc32)cc1. The van der Waals surface area contributed by atoms with E-state index in [0.717, 1.165) is 11.4 Å². The number of fused-ring (bicyclic) bond motifs is 9. The van der Waals surface area contributed by atoms with E-state index >= 15 is 0 Å². The molecule has 0 fully saturated rings. The molecular formula is C44H31N3. The third-order valence-corrected chi connectivity index (χ3v) is 10.2. The summed E-state index contributed by atoms with van der Waals surface area (Å²) in [5.41, 5.74) is 15.7. The summed E-state index contributed by atoms with van der Waals surface area (Å²) < 4.78 is 0. The van der Waals surface area contributed by atoms with Crippen molar-refractivity contribution >= 4 is 34.1 Å². The Balaban J connectivity index is 1.30. The second-order valence-corrected chi connectivity index (χ2v) is 12.5. The summed E-state index contributed by atoms with van der Waals surface area (Å²) in [7, 11) is 0. The predicted molar refractivity (Wildman–Crippen MR) is 193 cm³/mol.